The van der Waals surface area contributed by atoms with Crippen LogP contribution in [0.25, 0.3) is 0 Å². The topological polar surface area (TPSA) is 52.9 Å². The number of nitrogens with one attached hydrogen (secondary N) is 1. The zero-order valence-corrected chi connectivity index (χ0v) is 13.8. The monoisotopic (exact) mass is 346 g/mol. The van der Waals surface area contributed by atoms with E-state index in [1.165, 1.54) is 11.3 Å². The summed E-state index contributed by atoms with van der Waals surface area (Å²) in [7, 11) is 0. The van der Waals surface area contributed by atoms with Gasteiger partial charge < -0.3 is 5.32 Å². The van der Waals surface area contributed by atoms with Gasteiger partial charge in [0.25, 0.3) is 5.91 Å². The van der Waals surface area contributed by atoms with Crippen LogP contribution in [0.15, 0.2) is 0 Å². The van der Waals surface area contributed by atoms with E-state index >= 15 is 0 Å². The van der Waals surface area contributed by atoms with Crippen molar-refractivity contribution in [1.82, 2.24) is 0 Å². The normalized spacial score (nSPS) is 17.4. The molecule has 0 saturated heterocycles. The average molecular weight is 347 g/mol. The van der Waals surface area contributed by atoms with Crippen molar-refractivity contribution < 1.29 is 4.79 Å². The molecular formula is C13H12Cl2N2OS2. The molecule has 2 rings (SSSR count). The average Bonchev–Trinajstić information content (AvgIpc) is 2.39. The van der Waals surface area contributed by atoms with Crippen LogP contribution < -0.4 is 5.32 Å². The van der Waals surface area contributed by atoms with Crippen molar-refractivity contribution in [2.24, 2.45) is 5.92 Å². The van der Waals surface area contributed by atoms with Crippen molar-refractivity contribution in [3.05, 3.63) is 20.5 Å². The van der Waals surface area contributed by atoms with Crippen LogP contribution in [-0.2, 0) is 17.6 Å². The maximum absolute atomic E-state index is 11.6. The molecule has 3 nitrogen and oxygen atoms in total. The first kappa shape index (κ1) is 15.7. The molecule has 0 aliphatic heterocycles. The minimum Gasteiger partial charge on any atom is -0.314 e. The maximum atomic E-state index is 11.6. The van der Waals surface area contributed by atoms with Gasteiger partial charge in [-0.25, -0.2) is 0 Å². The summed E-state index contributed by atoms with van der Waals surface area (Å²) in [5.74, 6) is 0.0260. The number of carbonyl (C=O) groups is 1. The van der Waals surface area contributed by atoms with Gasteiger partial charge in [0.15, 0.2) is 4.84 Å². The summed E-state index contributed by atoms with van der Waals surface area (Å²) < 4.78 is 0.724. The van der Waals surface area contributed by atoms with Crippen molar-refractivity contribution in [1.29, 1.82) is 5.26 Å². The van der Waals surface area contributed by atoms with Gasteiger partial charge in [-0.15, -0.1) is 11.3 Å². The van der Waals surface area contributed by atoms with E-state index < -0.39 is 10.7 Å². The van der Waals surface area contributed by atoms with Crippen molar-refractivity contribution in [2.75, 3.05) is 5.32 Å². The molecule has 1 unspecified atom stereocenters. The zero-order chi connectivity index (χ0) is 14.9. The number of nitrogens with zero attached hydrogens (tertiary/aromatic N) is 1. The SMILES string of the molecule is CC1CCc2c(C#N)c(NC(=O)C(Cl)Cl)sc(=S)c2C1. The predicted octanol–water partition coefficient (Wildman–Crippen LogP) is 4.22. The number of carbonyl (C=O) groups excluding carboxylic acids is 1. The molecule has 7 heteroatoms. The van der Waals surface area contributed by atoms with E-state index in [-0.39, 0.29) is 0 Å². The highest BCUT2D eigenvalue weighted by Gasteiger charge is 2.24. The molecule has 1 amide bonds. The van der Waals surface area contributed by atoms with Crippen molar-refractivity contribution in [3.63, 3.8) is 0 Å². The number of hydrogen-bond donors (Lipinski definition) is 1. The van der Waals surface area contributed by atoms with Crippen LogP contribution in [0, 0.1) is 21.1 Å². The molecule has 0 fully saturated rings. The van der Waals surface area contributed by atoms with Crippen LogP contribution >= 0.6 is 46.8 Å². The fraction of sp³-hybridized carbons (Fsp3) is 0.462. The van der Waals surface area contributed by atoms with Gasteiger partial charge in [0.1, 0.15) is 11.1 Å². The lowest BCUT2D eigenvalue weighted by Crippen LogP contribution is -2.20. The van der Waals surface area contributed by atoms with Crippen molar-refractivity contribution in [3.8, 4) is 6.07 Å². The van der Waals surface area contributed by atoms with E-state index in [4.69, 9.17) is 35.4 Å². The predicted molar refractivity (Wildman–Crippen MR) is 85.2 cm³/mol. The molecule has 20 heavy (non-hydrogen) atoms. The summed E-state index contributed by atoms with van der Waals surface area (Å²) in [5, 5.41) is 12.4. The Bertz CT molecular complexity index is 649. The van der Waals surface area contributed by atoms with Crippen LogP contribution in [0.1, 0.15) is 30.0 Å². The number of anilines is 1. The second-order valence-corrected chi connectivity index (χ2v) is 7.58. The molecule has 1 heterocycles. The Morgan fingerprint density at radius 2 is 2.25 bits per heavy atom. The number of alkyl halides is 2. The van der Waals surface area contributed by atoms with Gasteiger partial charge in [0, 0.05) is 0 Å². The number of amides is 1. The number of halogens is 2. The third-order valence-corrected chi connectivity index (χ3v) is 5.16. The number of nitriles is 1. The van der Waals surface area contributed by atoms with Gasteiger partial charge in [-0.2, -0.15) is 5.26 Å². The second-order valence-electron chi connectivity index (χ2n) is 4.80. The lowest BCUT2D eigenvalue weighted by Gasteiger charge is -2.23. The highest BCUT2D eigenvalue weighted by atomic mass is 35.5. The summed E-state index contributed by atoms with van der Waals surface area (Å²) in [6.07, 6.45) is 2.72. The molecule has 1 atom stereocenters. The fourth-order valence-corrected chi connectivity index (χ4v) is 3.82. The molecule has 1 aliphatic carbocycles. The smallest absolute Gasteiger partial charge is 0.258 e. The minimum atomic E-state index is -1.17. The van der Waals surface area contributed by atoms with Gasteiger partial charge in [-0.3, -0.25) is 4.79 Å². The number of rotatable bonds is 2. The lowest BCUT2D eigenvalue weighted by molar-refractivity contribution is -0.114. The first-order chi connectivity index (χ1) is 9.43. The van der Waals surface area contributed by atoms with Gasteiger partial charge in [-0.05, 0) is 36.3 Å². The molecule has 0 radical (unpaired) electrons. The summed E-state index contributed by atoms with van der Waals surface area (Å²) >= 11 is 17.7. The largest absolute Gasteiger partial charge is 0.314 e. The molecule has 0 spiro atoms. The summed E-state index contributed by atoms with van der Waals surface area (Å²) in [5.41, 5.74) is 2.53. The quantitative estimate of drug-likeness (QED) is 0.644. The van der Waals surface area contributed by atoms with E-state index in [9.17, 15) is 10.1 Å². The second kappa shape index (κ2) is 6.40. The molecular weight excluding hydrogens is 335 g/mol. The van der Waals surface area contributed by atoms with Crippen LogP contribution in [-0.4, -0.2) is 10.7 Å². The Labute approximate surface area is 136 Å². The highest BCUT2D eigenvalue weighted by molar-refractivity contribution is 7.73. The molecule has 1 N–H and O–H groups in total. The van der Waals surface area contributed by atoms with E-state index in [0.29, 0.717) is 16.5 Å². The summed E-state index contributed by atoms with van der Waals surface area (Å²) in [6, 6.07) is 2.17. The van der Waals surface area contributed by atoms with E-state index in [0.717, 1.165) is 34.2 Å². The van der Waals surface area contributed by atoms with E-state index in [2.05, 4.69) is 18.3 Å². The zero-order valence-electron chi connectivity index (χ0n) is 10.7. The molecule has 1 aromatic heterocycles. The Hall–Kier alpha value is -0.670. The van der Waals surface area contributed by atoms with Crippen molar-refractivity contribution in [2.45, 2.75) is 31.0 Å². The van der Waals surface area contributed by atoms with Crippen molar-refractivity contribution >= 4 is 57.7 Å². The molecule has 106 valence electrons. The third-order valence-electron chi connectivity index (χ3n) is 3.32. The van der Waals surface area contributed by atoms with Gasteiger partial charge in [-0.1, -0.05) is 42.3 Å². The van der Waals surface area contributed by atoms with Crippen LogP contribution in [0.3, 0.4) is 0 Å². The molecule has 0 saturated carbocycles. The fourth-order valence-electron chi connectivity index (χ4n) is 2.31. The first-order valence-electron chi connectivity index (χ1n) is 6.12. The Morgan fingerprint density at radius 3 is 2.85 bits per heavy atom. The lowest BCUT2D eigenvalue weighted by atomic mass is 9.85. The van der Waals surface area contributed by atoms with E-state index in [1.54, 1.807) is 0 Å². The van der Waals surface area contributed by atoms with Gasteiger partial charge in [0.2, 0.25) is 0 Å². The Kier molecular flexibility index (Phi) is 5.03. The minimum absolute atomic E-state index is 0.446. The van der Waals surface area contributed by atoms with Crippen LogP contribution in [0.5, 0.6) is 0 Å². The van der Waals surface area contributed by atoms with Crippen LogP contribution in [0.2, 0.25) is 0 Å². The molecule has 0 bridgehead atoms. The first-order valence-corrected chi connectivity index (χ1v) is 8.21. The maximum Gasteiger partial charge on any atom is 0.258 e. The Balaban J connectivity index is 2.50. The molecule has 0 aromatic carbocycles. The number of hydrogen-bond acceptors (Lipinski definition) is 4. The van der Waals surface area contributed by atoms with Gasteiger partial charge >= 0.3 is 0 Å². The molecule has 1 aliphatic rings. The Morgan fingerprint density at radius 1 is 1.55 bits per heavy atom. The third kappa shape index (κ3) is 3.15. The number of fused-ring (bicyclic) bond motifs is 1. The summed E-state index contributed by atoms with van der Waals surface area (Å²) in [4.78, 5) is 10.4. The van der Waals surface area contributed by atoms with E-state index in [1.807, 2.05) is 0 Å². The van der Waals surface area contributed by atoms with Crippen LogP contribution in [0.4, 0.5) is 5.00 Å². The standard InChI is InChI=1S/C13H12Cl2N2OS2/c1-6-2-3-7-8(4-6)13(19)20-12(9(7)5-16)17-11(18)10(14)15/h6,10H,2-4H2,1H3,(H,17,18). The van der Waals surface area contributed by atoms with Gasteiger partial charge in [0.05, 0.1) is 9.39 Å². The highest BCUT2D eigenvalue weighted by Crippen LogP contribution is 2.36. The molecule has 1 aromatic rings. The summed E-state index contributed by atoms with van der Waals surface area (Å²) in [6.45, 7) is 2.18.